The minimum absolute atomic E-state index is 0.359. The summed E-state index contributed by atoms with van der Waals surface area (Å²) in [6.07, 6.45) is 0. The van der Waals surface area contributed by atoms with E-state index in [9.17, 15) is 9.18 Å². The van der Waals surface area contributed by atoms with Gasteiger partial charge in [0.25, 0.3) is 0 Å². The SMILES string of the molecule is CN(C)[C@H](C(=O)S)c1ccccc1F. The van der Waals surface area contributed by atoms with Crippen molar-refractivity contribution in [3.05, 3.63) is 35.6 Å². The summed E-state index contributed by atoms with van der Waals surface area (Å²) in [6.45, 7) is 0. The van der Waals surface area contributed by atoms with E-state index in [1.165, 1.54) is 6.07 Å². The van der Waals surface area contributed by atoms with Gasteiger partial charge in [0.2, 0.25) is 5.12 Å². The van der Waals surface area contributed by atoms with E-state index < -0.39 is 6.04 Å². The molecule has 0 bridgehead atoms. The molecule has 0 spiro atoms. The predicted octanol–water partition coefficient (Wildman–Crippen LogP) is 1.88. The Morgan fingerprint density at radius 1 is 1.43 bits per heavy atom. The van der Waals surface area contributed by atoms with Gasteiger partial charge in [-0.15, -0.1) is 12.6 Å². The van der Waals surface area contributed by atoms with Crippen LogP contribution in [0.2, 0.25) is 0 Å². The Balaban J connectivity index is 3.12. The van der Waals surface area contributed by atoms with Crippen LogP contribution in [0.4, 0.5) is 4.39 Å². The van der Waals surface area contributed by atoms with Crippen molar-refractivity contribution in [2.75, 3.05) is 14.1 Å². The highest BCUT2D eigenvalue weighted by molar-refractivity contribution is 7.96. The highest BCUT2D eigenvalue weighted by Gasteiger charge is 2.22. The van der Waals surface area contributed by atoms with Gasteiger partial charge in [-0.1, -0.05) is 18.2 Å². The van der Waals surface area contributed by atoms with E-state index in [0.717, 1.165) is 0 Å². The molecule has 0 unspecified atom stereocenters. The molecule has 76 valence electrons. The van der Waals surface area contributed by atoms with Gasteiger partial charge in [-0.25, -0.2) is 4.39 Å². The molecule has 0 N–H and O–H groups in total. The number of hydrogen-bond acceptors (Lipinski definition) is 2. The first-order chi connectivity index (χ1) is 6.54. The lowest BCUT2D eigenvalue weighted by Gasteiger charge is -2.21. The number of thiol groups is 1. The van der Waals surface area contributed by atoms with Crippen molar-refractivity contribution in [2.45, 2.75) is 6.04 Å². The molecule has 1 aromatic carbocycles. The lowest BCUT2D eigenvalue weighted by Crippen LogP contribution is -2.25. The smallest absolute Gasteiger partial charge is 0.207 e. The molecule has 0 radical (unpaired) electrons. The summed E-state index contributed by atoms with van der Waals surface area (Å²) < 4.78 is 13.3. The lowest BCUT2D eigenvalue weighted by molar-refractivity contribution is -0.115. The second kappa shape index (κ2) is 4.57. The quantitative estimate of drug-likeness (QED) is 0.774. The molecule has 1 aromatic rings. The second-order valence-corrected chi connectivity index (χ2v) is 3.67. The summed E-state index contributed by atoms with van der Waals surface area (Å²) in [5, 5.41) is -0.361. The van der Waals surface area contributed by atoms with Gasteiger partial charge < -0.3 is 0 Å². The van der Waals surface area contributed by atoms with Crippen molar-refractivity contribution >= 4 is 17.7 Å². The molecule has 0 fully saturated rings. The van der Waals surface area contributed by atoms with E-state index >= 15 is 0 Å². The minimum Gasteiger partial charge on any atom is -0.295 e. The first-order valence-corrected chi connectivity index (χ1v) is 4.62. The third-order valence-electron chi connectivity index (χ3n) is 1.95. The van der Waals surface area contributed by atoms with E-state index in [1.54, 1.807) is 37.2 Å². The Bertz CT molecular complexity index is 341. The molecule has 4 heteroatoms. The summed E-state index contributed by atoms with van der Waals surface area (Å²) >= 11 is 3.74. The summed E-state index contributed by atoms with van der Waals surface area (Å²) in [5.74, 6) is -0.381. The molecule has 2 nitrogen and oxygen atoms in total. The molecule has 1 rings (SSSR count). The van der Waals surface area contributed by atoms with Crippen LogP contribution in [0.5, 0.6) is 0 Å². The van der Waals surface area contributed by atoms with Gasteiger partial charge in [0.1, 0.15) is 11.9 Å². The molecule has 0 aliphatic carbocycles. The van der Waals surface area contributed by atoms with Gasteiger partial charge >= 0.3 is 0 Å². The van der Waals surface area contributed by atoms with Gasteiger partial charge in [-0.05, 0) is 20.2 Å². The normalized spacial score (nSPS) is 12.9. The maximum atomic E-state index is 13.3. The highest BCUT2D eigenvalue weighted by atomic mass is 32.1. The number of hydrogen-bond donors (Lipinski definition) is 1. The Hall–Kier alpha value is -0.870. The van der Waals surface area contributed by atoms with Gasteiger partial charge in [-0.3, -0.25) is 9.69 Å². The van der Waals surface area contributed by atoms with Crippen LogP contribution in [-0.4, -0.2) is 24.1 Å². The van der Waals surface area contributed by atoms with Gasteiger partial charge in [0.15, 0.2) is 0 Å². The first kappa shape index (κ1) is 11.2. The molecule has 0 heterocycles. The lowest BCUT2D eigenvalue weighted by atomic mass is 10.1. The number of rotatable bonds is 3. The fraction of sp³-hybridized carbons (Fsp3) is 0.300. The number of halogens is 1. The standard InChI is InChI=1S/C10H12FNOS/c1-12(2)9(10(13)14)7-5-3-4-6-8(7)11/h3-6,9H,1-2H3,(H,13,14)/t9-/m0/s1. The predicted molar refractivity (Wildman–Crippen MR) is 56.8 cm³/mol. The Kier molecular flexibility index (Phi) is 3.66. The molecule has 0 aliphatic rings. The maximum Gasteiger partial charge on any atom is 0.207 e. The highest BCUT2D eigenvalue weighted by Crippen LogP contribution is 2.23. The van der Waals surface area contributed by atoms with Crippen LogP contribution < -0.4 is 0 Å². The van der Waals surface area contributed by atoms with Crippen LogP contribution >= 0.6 is 12.6 Å². The largest absolute Gasteiger partial charge is 0.295 e. The molecular formula is C10H12FNOS. The van der Waals surface area contributed by atoms with Crippen LogP contribution in [0.1, 0.15) is 11.6 Å². The average molecular weight is 213 g/mol. The van der Waals surface area contributed by atoms with Crippen molar-refractivity contribution in [2.24, 2.45) is 0 Å². The van der Waals surface area contributed by atoms with Gasteiger partial charge in [0.05, 0.1) is 0 Å². The van der Waals surface area contributed by atoms with E-state index in [0.29, 0.717) is 5.56 Å². The van der Waals surface area contributed by atoms with Crippen molar-refractivity contribution in [1.82, 2.24) is 4.90 Å². The third kappa shape index (κ3) is 2.33. The van der Waals surface area contributed by atoms with Gasteiger partial charge in [0, 0.05) is 5.56 Å². The number of benzene rings is 1. The monoisotopic (exact) mass is 213 g/mol. The summed E-state index contributed by atoms with van der Waals surface area (Å²) in [5.41, 5.74) is 0.359. The zero-order chi connectivity index (χ0) is 10.7. The van der Waals surface area contributed by atoms with Crippen LogP contribution in [0.15, 0.2) is 24.3 Å². The van der Waals surface area contributed by atoms with E-state index in [4.69, 9.17) is 0 Å². The van der Waals surface area contributed by atoms with Crippen LogP contribution in [0.25, 0.3) is 0 Å². The number of nitrogens with zero attached hydrogens (tertiary/aromatic N) is 1. The van der Waals surface area contributed by atoms with Crippen molar-refractivity contribution < 1.29 is 9.18 Å². The Morgan fingerprint density at radius 2 is 2.00 bits per heavy atom. The zero-order valence-electron chi connectivity index (χ0n) is 8.07. The average Bonchev–Trinajstić information content (AvgIpc) is 2.07. The van der Waals surface area contributed by atoms with Crippen LogP contribution in [0, 0.1) is 5.82 Å². The van der Waals surface area contributed by atoms with E-state index in [1.807, 2.05) is 0 Å². The molecule has 0 aromatic heterocycles. The van der Waals surface area contributed by atoms with Crippen molar-refractivity contribution in [1.29, 1.82) is 0 Å². The molecular weight excluding hydrogens is 201 g/mol. The summed E-state index contributed by atoms with van der Waals surface area (Å²) in [6, 6.07) is 5.59. The fourth-order valence-electron chi connectivity index (χ4n) is 1.33. The Morgan fingerprint density at radius 3 is 2.43 bits per heavy atom. The first-order valence-electron chi connectivity index (χ1n) is 4.17. The van der Waals surface area contributed by atoms with E-state index in [2.05, 4.69) is 12.6 Å². The molecule has 14 heavy (non-hydrogen) atoms. The molecule has 0 aliphatic heterocycles. The molecule has 1 atom stereocenters. The second-order valence-electron chi connectivity index (χ2n) is 3.23. The topological polar surface area (TPSA) is 20.3 Å². The van der Waals surface area contributed by atoms with Gasteiger partial charge in [-0.2, -0.15) is 0 Å². The number of carbonyl (C=O) groups excluding carboxylic acids is 1. The molecule has 0 saturated carbocycles. The van der Waals surface area contributed by atoms with Crippen LogP contribution in [0.3, 0.4) is 0 Å². The minimum atomic E-state index is -0.625. The Labute approximate surface area is 88.1 Å². The van der Waals surface area contributed by atoms with Crippen molar-refractivity contribution in [3.8, 4) is 0 Å². The third-order valence-corrected chi connectivity index (χ3v) is 2.19. The molecule has 0 saturated heterocycles. The number of carbonyl (C=O) groups is 1. The molecule has 0 amide bonds. The fourth-order valence-corrected chi connectivity index (χ4v) is 1.70. The van der Waals surface area contributed by atoms with Crippen LogP contribution in [-0.2, 0) is 4.79 Å². The van der Waals surface area contributed by atoms with Crippen molar-refractivity contribution in [3.63, 3.8) is 0 Å². The maximum absolute atomic E-state index is 13.3. The zero-order valence-corrected chi connectivity index (χ0v) is 8.96. The summed E-state index contributed by atoms with van der Waals surface area (Å²) in [4.78, 5) is 12.8. The summed E-state index contributed by atoms with van der Waals surface area (Å²) in [7, 11) is 3.43. The number of likely N-dealkylation sites (N-methyl/N-ethyl adjacent to an activating group) is 1. The van der Waals surface area contributed by atoms with E-state index in [-0.39, 0.29) is 10.9 Å².